The Bertz CT molecular complexity index is 630. The quantitative estimate of drug-likeness (QED) is 0.798. The standard InChI is InChI=1S/C16H18ClNO2/c17-14-3-1-2-12-4-7-18(15(12)14)13-5-8-20-16(10-13)6-9-19-11-16/h1-4,7,13H,5-6,8-11H2. The Morgan fingerprint density at radius 3 is 3.05 bits per heavy atom. The SMILES string of the molecule is Clc1cccc2ccn(C3CCOC4(CCOC4)C3)c12. The molecule has 0 saturated carbocycles. The van der Waals surface area contributed by atoms with Crippen LogP contribution in [-0.2, 0) is 9.47 Å². The van der Waals surface area contributed by atoms with Crippen molar-refractivity contribution in [3.8, 4) is 0 Å². The highest BCUT2D eigenvalue weighted by Crippen LogP contribution is 2.40. The minimum absolute atomic E-state index is 0.0687. The summed E-state index contributed by atoms with van der Waals surface area (Å²) < 4.78 is 13.9. The van der Waals surface area contributed by atoms with E-state index in [0.717, 1.165) is 49.6 Å². The van der Waals surface area contributed by atoms with Gasteiger partial charge in [-0.25, -0.2) is 0 Å². The first-order valence-corrected chi connectivity index (χ1v) is 7.62. The number of nitrogens with zero attached hydrogens (tertiary/aromatic N) is 1. The van der Waals surface area contributed by atoms with Crippen LogP contribution in [0.5, 0.6) is 0 Å². The molecule has 3 heterocycles. The van der Waals surface area contributed by atoms with Crippen LogP contribution >= 0.6 is 11.6 Å². The summed E-state index contributed by atoms with van der Waals surface area (Å²) in [6, 6.07) is 8.68. The maximum absolute atomic E-state index is 6.40. The number of rotatable bonds is 1. The molecule has 1 aromatic carbocycles. The molecule has 0 N–H and O–H groups in total. The van der Waals surface area contributed by atoms with Crippen LogP contribution in [-0.4, -0.2) is 30.0 Å². The van der Waals surface area contributed by atoms with E-state index in [-0.39, 0.29) is 5.60 Å². The Balaban J connectivity index is 1.72. The largest absolute Gasteiger partial charge is 0.378 e. The number of benzene rings is 1. The van der Waals surface area contributed by atoms with Crippen LogP contribution in [0, 0.1) is 0 Å². The van der Waals surface area contributed by atoms with Crippen molar-refractivity contribution in [2.24, 2.45) is 0 Å². The second-order valence-corrected chi connectivity index (χ2v) is 6.29. The van der Waals surface area contributed by atoms with Crippen molar-refractivity contribution in [1.29, 1.82) is 0 Å². The van der Waals surface area contributed by atoms with E-state index in [9.17, 15) is 0 Å². The van der Waals surface area contributed by atoms with Gasteiger partial charge < -0.3 is 14.0 Å². The normalized spacial score (nSPS) is 30.4. The van der Waals surface area contributed by atoms with Crippen LogP contribution in [0.1, 0.15) is 25.3 Å². The smallest absolute Gasteiger partial charge is 0.0956 e. The summed E-state index contributed by atoms with van der Waals surface area (Å²) in [5.74, 6) is 0. The third-order valence-electron chi connectivity index (χ3n) is 4.62. The first-order chi connectivity index (χ1) is 9.77. The van der Waals surface area contributed by atoms with Crippen LogP contribution < -0.4 is 0 Å². The Kier molecular flexibility index (Phi) is 3.02. The lowest BCUT2D eigenvalue weighted by atomic mass is 9.89. The van der Waals surface area contributed by atoms with Gasteiger partial charge >= 0.3 is 0 Å². The molecule has 2 atom stereocenters. The zero-order valence-electron chi connectivity index (χ0n) is 11.3. The van der Waals surface area contributed by atoms with E-state index >= 15 is 0 Å². The van der Waals surface area contributed by atoms with Gasteiger partial charge in [0.05, 0.1) is 22.7 Å². The first kappa shape index (κ1) is 12.7. The van der Waals surface area contributed by atoms with Crippen LogP contribution in [0.4, 0.5) is 0 Å². The average Bonchev–Trinajstić information content (AvgIpc) is 3.07. The predicted octanol–water partition coefficient (Wildman–Crippen LogP) is 3.81. The molecular weight excluding hydrogens is 274 g/mol. The third kappa shape index (κ3) is 1.96. The Morgan fingerprint density at radius 1 is 1.25 bits per heavy atom. The fourth-order valence-corrected chi connectivity index (χ4v) is 3.86. The molecule has 20 heavy (non-hydrogen) atoms. The number of aromatic nitrogens is 1. The van der Waals surface area contributed by atoms with Gasteiger partial charge in [-0.15, -0.1) is 0 Å². The second-order valence-electron chi connectivity index (χ2n) is 5.88. The number of hydrogen-bond acceptors (Lipinski definition) is 2. The summed E-state index contributed by atoms with van der Waals surface area (Å²) >= 11 is 6.40. The Morgan fingerprint density at radius 2 is 2.20 bits per heavy atom. The number of para-hydroxylation sites is 1. The van der Waals surface area contributed by atoms with E-state index in [1.165, 1.54) is 5.39 Å². The number of hydrogen-bond donors (Lipinski definition) is 0. The maximum Gasteiger partial charge on any atom is 0.0956 e. The Hall–Kier alpha value is -1.03. The molecule has 2 fully saturated rings. The highest BCUT2D eigenvalue weighted by Gasteiger charge is 2.41. The van der Waals surface area contributed by atoms with E-state index in [4.69, 9.17) is 21.1 Å². The zero-order chi connectivity index (χ0) is 13.6. The second kappa shape index (κ2) is 4.76. The summed E-state index contributed by atoms with van der Waals surface area (Å²) in [4.78, 5) is 0. The van der Waals surface area contributed by atoms with Gasteiger partial charge in [-0.3, -0.25) is 0 Å². The van der Waals surface area contributed by atoms with Crippen molar-refractivity contribution in [1.82, 2.24) is 4.57 Å². The van der Waals surface area contributed by atoms with Gasteiger partial charge in [0, 0.05) is 37.3 Å². The molecule has 1 aromatic heterocycles. The molecule has 2 aliphatic heterocycles. The molecular formula is C16H18ClNO2. The van der Waals surface area contributed by atoms with Gasteiger partial charge in [-0.1, -0.05) is 23.7 Å². The van der Waals surface area contributed by atoms with Gasteiger partial charge in [0.1, 0.15) is 0 Å². The van der Waals surface area contributed by atoms with Gasteiger partial charge in [-0.2, -0.15) is 0 Å². The van der Waals surface area contributed by atoms with Gasteiger partial charge in [0.15, 0.2) is 0 Å². The molecule has 2 saturated heterocycles. The average molecular weight is 292 g/mol. The number of fused-ring (bicyclic) bond motifs is 1. The topological polar surface area (TPSA) is 23.4 Å². The number of ether oxygens (including phenoxy) is 2. The van der Waals surface area contributed by atoms with E-state index in [1.807, 2.05) is 12.1 Å². The fourth-order valence-electron chi connectivity index (χ4n) is 3.58. The Labute approximate surface area is 123 Å². The molecule has 0 bridgehead atoms. The summed E-state index contributed by atoms with van der Waals surface area (Å²) in [6.45, 7) is 2.36. The maximum atomic E-state index is 6.40. The van der Waals surface area contributed by atoms with Crippen molar-refractivity contribution in [2.75, 3.05) is 19.8 Å². The van der Waals surface area contributed by atoms with E-state index in [2.05, 4.69) is 22.9 Å². The fraction of sp³-hybridized carbons (Fsp3) is 0.500. The van der Waals surface area contributed by atoms with E-state index in [0.29, 0.717) is 6.04 Å². The van der Waals surface area contributed by atoms with Gasteiger partial charge in [0.25, 0.3) is 0 Å². The van der Waals surface area contributed by atoms with Gasteiger partial charge in [0.2, 0.25) is 0 Å². The van der Waals surface area contributed by atoms with Gasteiger partial charge in [-0.05, 0) is 25.0 Å². The lowest BCUT2D eigenvalue weighted by Gasteiger charge is -2.38. The van der Waals surface area contributed by atoms with Crippen molar-refractivity contribution in [3.63, 3.8) is 0 Å². The van der Waals surface area contributed by atoms with Crippen LogP contribution in [0.2, 0.25) is 5.02 Å². The highest BCUT2D eigenvalue weighted by molar-refractivity contribution is 6.35. The first-order valence-electron chi connectivity index (χ1n) is 7.24. The molecule has 4 rings (SSSR count). The monoisotopic (exact) mass is 291 g/mol. The predicted molar refractivity (Wildman–Crippen MR) is 79.3 cm³/mol. The molecule has 0 aliphatic carbocycles. The molecule has 4 heteroatoms. The summed E-state index contributed by atoms with van der Waals surface area (Å²) in [7, 11) is 0. The van der Waals surface area contributed by atoms with Crippen LogP contribution in [0.3, 0.4) is 0 Å². The van der Waals surface area contributed by atoms with E-state index < -0.39 is 0 Å². The molecule has 2 aliphatic rings. The highest BCUT2D eigenvalue weighted by atomic mass is 35.5. The molecule has 2 unspecified atom stereocenters. The van der Waals surface area contributed by atoms with Crippen molar-refractivity contribution in [3.05, 3.63) is 35.5 Å². The number of halogens is 1. The summed E-state index contributed by atoms with van der Waals surface area (Å²) in [6.07, 6.45) is 5.23. The third-order valence-corrected chi connectivity index (χ3v) is 4.92. The van der Waals surface area contributed by atoms with Crippen molar-refractivity contribution in [2.45, 2.75) is 30.9 Å². The minimum atomic E-state index is -0.0687. The van der Waals surface area contributed by atoms with Crippen molar-refractivity contribution >= 4 is 22.5 Å². The lowest BCUT2D eigenvalue weighted by molar-refractivity contribution is -0.0943. The minimum Gasteiger partial charge on any atom is -0.378 e. The molecule has 1 spiro atoms. The molecule has 0 radical (unpaired) electrons. The van der Waals surface area contributed by atoms with E-state index in [1.54, 1.807) is 0 Å². The molecule has 3 nitrogen and oxygen atoms in total. The molecule has 2 aromatic rings. The van der Waals surface area contributed by atoms with Crippen molar-refractivity contribution < 1.29 is 9.47 Å². The van der Waals surface area contributed by atoms with Crippen LogP contribution in [0.25, 0.3) is 10.9 Å². The molecule has 106 valence electrons. The van der Waals surface area contributed by atoms with Crippen LogP contribution in [0.15, 0.2) is 30.5 Å². The summed E-state index contributed by atoms with van der Waals surface area (Å²) in [5.41, 5.74) is 1.08. The zero-order valence-corrected chi connectivity index (χ0v) is 12.1. The lowest BCUT2D eigenvalue weighted by Crippen LogP contribution is -2.40. The molecule has 0 amide bonds. The summed E-state index contributed by atoms with van der Waals surface area (Å²) in [5, 5.41) is 2.04.